The Hall–Kier alpha value is -1.85. The van der Waals surface area contributed by atoms with Gasteiger partial charge >= 0.3 is 5.97 Å². The lowest BCUT2D eigenvalue weighted by Gasteiger charge is -2.37. The molecule has 1 aliphatic heterocycles. The number of aromatic nitrogens is 1. The SMILES string of the molecule is COC(=O)[C@H]1C[C@@H](N2CCC(c3c[nH]c4ccccc34)CC2)[C@@H](O)C1. The van der Waals surface area contributed by atoms with Gasteiger partial charge in [-0.15, -0.1) is 0 Å². The molecule has 0 unspecified atom stereocenters. The number of nitrogens with one attached hydrogen (secondary N) is 1. The Morgan fingerprint density at radius 3 is 2.76 bits per heavy atom. The van der Waals surface area contributed by atoms with Crippen LogP contribution in [-0.4, -0.2) is 53.3 Å². The van der Waals surface area contributed by atoms with E-state index in [1.807, 2.05) is 0 Å². The second kappa shape index (κ2) is 6.81. The summed E-state index contributed by atoms with van der Waals surface area (Å²) >= 11 is 0. The Labute approximate surface area is 148 Å². The van der Waals surface area contributed by atoms with Crippen molar-refractivity contribution < 1.29 is 14.6 Å². The zero-order valence-electron chi connectivity index (χ0n) is 14.6. The van der Waals surface area contributed by atoms with Gasteiger partial charge in [-0.2, -0.15) is 0 Å². The molecule has 134 valence electrons. The second-order valence-corrected chi connectivity index (χ2v) is 7.43. The fraction of sp³-hybridized carbons (Fsp3) is 0.550. The second-order valence-electron chi connectivity index (χ2n) is 7.43. The molecule has 0 amide bonds. The zero-order chi connectivity index (χ0) is 17.4. The summed E-state index contributed by atoms with van der Waals surface area (Å²) in [5.74, 6) is 0.217. The highest BCUT2D eigenvalue weighted by Crippen LogP contribution is 2.37. The summed E-state index contributed by atoms with van der Waals surface area (Å²) in [5.41, 5.74) is 2.61. The molecule has 0 spiro atoms. The number of ether oxygens (including phenoxy) is 1. The van der Waals surface area contributed by atoms with E-state index < -0.39 is 6.10 Å². The number of hydrogen-bond donors (Lipinski definition) is 2. The zero-order valence-corrected chi connectivity index (χ0v) is 14.6. The summed E-state index contributed by atoms with van der Waals surface area (Å²) in [4.78, 5) is 17.5. The molecule has 1 aliphatic carbocycles. The number of aromatic amines is 1. The molecule has 1 aromatic carbocycles. The van der Waals surface area contributed by atoms with Gasteiger partial charge in [-0.1, -0.05) is 18.2 Å². The lowest BCUT2D eigenvalue weighted by atomic mass is 9.88. The third-order valence-electron chi connectivity index (χ3n) is 6.09. The number of H-pyrrole nitrogens is 1. The predicted octanol–water partition coefficient (Wildman–Crippen LogP) is 2.66. The molecule has 2 N–H and O–H groups in total. The van der Waals surface area contributed by atoms with Crippen molar-refractivity contribution in [1.29, 1.82) is 0 Å². The van der Waals surface area contributed by atoms with Crippen LogP contribution in [0.2, 0.25) is 0 Å². The number of likely N-dealkylation sites (tertiary alicyclic amines) is 1. The summed E-state index contributed by atoms with van der Waals surface area (Å²) in [5, 5.41) is 11.7. The fourth-order valence-corrected chi connectivity index (χ4v) is 4.72. The van der Waals surface area contributed by atoms with E-state index in [2.05, 4.69) is 40.3 Å². The topological polar surface area (TPSA) is 65.6 Å². The van der Waals surface area contributed by atoms with Crippen LogP contribution in [-0.2, 0) is 9.53 Å². The van der Waals surface area contributed by atoms with Crippen LogP contribution in [0.5, 0.6) is 0 Å². The summed E-state index contributed by atoms with van der Waals surface area (Å²) in [7, 11) is 1.43. The van der Waals surface area contributed by atoms with Gasteiger partial charge in [0.05, 0.1) is 19.1 Å². The standard InChI is InChI=1S/C20H26N2O3/c1-25-20(24)14-10-18(19(23)11-14)22-8-6-13(7-9-22)16-12-21-17-5-3-2-4-15(16)17/h2-5,12-14,18-19,21,23H,6-11H2,1H3/t14-,18+,19-/m0/s1. The number of carbonyl (C=O) groups is 1. The van der Waals surface area contributed by atoms with Crippen molar-refractivity contribution in [3.05, 3.63) is 36.0 Å². The third kappa shape index (κ3) is 3.07. The minimum Gasteiger partial charge on any atom is -0.469 e. The highest BCUT2D eigenvalue weighted by molar-refractivity contribution is 5.83. The summed E-state index contributed by atoms with van der Waals surface area (Å²) in [6, 6.07) is 8.56. The number of carbonyl (C=O) groups excluding carboxylic acids is 1. The number of nitrogens with zero attached hydrogens (tertiary/aromatic N) is 1. The van der Waals surface area contributed by atoms with E-state index in [4.69, 9.17) is 4.74 Å². The van der Waals surface area contributed by atoms with Crippen LogP contribution in [0.1, 0.15) is 37.2 Å². The van der Waals surface area contributed by atoms with Gasteiger partial charge < -0.3 is 14.8 Å². The summed E-state index contributed by atoms with van der Waals surface area (Å²) in [6.07, 6.45) is 5.16. The van der Waals surface area contributed by atoms with Gasteiger partial charge in [0.1, 0.15) is 0 Å². The average Bonchev–Trinajstić information content (AvgIpc) is 3.25. The smallest absolute Gasteiger partial charge is 0.308 e. The van der Waals surface area contributed by atoms with Gasteiger partial charge in [-0.3, -0.25) is 9.69 Å². The number of fused-ring (bicyclic) bond motifs is 1. The van der Waals surface area contributed by atoms with Gasteiger partial charge in [-0.25, -0.2) is 0 Å². The van der Waals surface area contributed by atoms with E-state index in [1.54, 1.807) is 0 Å². The summed E-state index contributed by atoms with van der Waals surface area (Å²) in [6.45, 7) is 1.94. The Morgan fingerprint density at radius 2 is 2.00 bits per heavy atom. The maximum Gasteiger partial charge on any atom is 0.308 e. The van der Waals surface area contributed by atoms with Crippen LogP contribution >= 0.6 is 0 Å². The number of rotatable bonds is 3. The molecule has 5 nitrogen and oxygen atoms in total. The lowest BCUT2D eigenvalue weighted by molar-refractivity contribution is -0.145. The molecular formula is C20H26N2O3. The molecule has 1 saturated carbocycles. The number of aliphatic hydroxyl groups excluding tert-OH is 1. The van der Waals surface area contributed by atoms with Gasteiger partial charge in [0.2, 0.25) is 0 Å². The molecule has 2 aromatic rings. The highest BCUT2D eigenvalue weighted by Gasteiger charge is 2.41. The first-order chi connectivity index (χ1) is 12.2. The molecule has 1 saturated heterocycles. The number of hydrogen-bond acceptors (Lipinski definition) is 4. The van der Waals surface area contributed by atoms with E-state index in [0.29, 0.717) is 18.8 Å². The number of benzene rings is 1. The highest BCUT2D eigenvalue weighted by atomic mass is 16.5. The van der Waals surface area contributed by atoms with Crippen molar-refractivity contribution in [2.45, 2.75) is 43.7 Å². The molecule has 0 radical (unpaired) electrons. The van der Waals surface area contributed by atoms with E-state index in [0.717, 1.165) is 25.9 Å². The first-order valence-electron chi connectivity index (χ1n) is 9.23. The molecule has 2 fully saturated rings. The van der Waals surface area contributed by atoms with Crippen molar-refractivity contribution >= 4 is 16.9 Å². The Balaban J connectivity index is 1.41. The summed E-state index contributed by atoms with van der Waals surface area (Å²) < 4.78 is 4.85. The lowest BCUT2D eigenvalue weighted by Crippen LogP contribution is -2.44. The molecule has 2 heterocycles. The number of esters is 1. The minimum atomic E-state index is -0.422. The molecule has 5 heteroatoms. The van der Waals surface area contributed by atoms with Gasteiger partial charge in [0.25, 0.3) is 0 Å². The van der Waals surface area contributed by atoms with E-state index in [9.17, 15) is 9.90 Å². The van der Waals surface area contributed by atoms with Crippen molar-refractivity contribution in [3.8, 4) is 0 Å². The van der Waals surface area contributed by atoms with Crippen LogP contribution in [0.3, 0.4) is 0 Å². The van der Waals surface area contributed by atoms with E-state index >= 15 is 0 Å². The van der Waals surface area contributed by atoms with Crippen molar-refractivity contribution in [2.75, 3.05) is 20.2 Å². The first-order valence-corrected chi connectivity index (χ1v) is 9.23. The van der Waals surface area contributed by atoms with Crippen LogP contribution in [0, 0.1) is 5.92 Å². The number of para-hydroxylation sites is 1. The first kappa shape index (κ1) is 16.6. The van der Waals surface area contributed by atoms with Gasteiger partial charge in [0.15, 0.2) is 0 Å². The molecule has 25 heavy (non-hydrogen) atoms. The van der Waals surface area contributed by atoms with Crippen molar-refractivity contribution in [1.82, 2.24) is 9.88 Å². The molecule has 3 atom stereocenters. The van der Waals surface area contributed by atoms with Gasteiger partial charge in [-0.05, 0) is 56.3 Å². The van der Waals surface area contributed by atoms with Crippen LogP contribution in [0.4, 0.5) is 0 Å². The fourth-order valence-electron chi connectivity index (χ4n) is 4.72. The molecular weight excluding hydrogens is 316 g/mol. The molecule has 1 aromatic heterocycles. The maximum atomic E-state index is 11.8. The average molecular weight is 342 g/mol. The monoisotopic (exact) mass is 342 g/mol. The Bertz CT molecular complexity index is 748. The van der Waals surface area contributed by atoms with Crippen LogP contribution < -0.4 is 0 Å². The number of methoxy groups -OCH3 is 1. The predicted molar refractivity (Wildman–Crippen MR) is 96.4 cm³/mol. The van der Waals surface area contributed by atoms with E-state index in [1.165, 1.54) is 23.6 Å². The Morgan fingerprint density at radius 1 is 1.24 bits per heavy atom. The van der Waals surface area contributed by atoms with Gasteiger partial charge in [0, 0.05) is 23.1 Å². The van der Waals surface area contributed by atoms with Crippen molar-refractivity contribution in [2.24, 2.45) is 5.92 Å². The molecule has 4 rings (SSSR count). The third-order valence-corrected chi connectivity index (χ3v) is 6.09. The largest absolute Gasteiger partial charge is 0.469 e. The minimum absolute atomic E-state index is 0.0908. The molecule has 2 aliphatic rings. The van der Waals surface area contributed by atoms with Crippen molar-refractivity contribution in [3.63, 3.8) is 0 Å². The normalized spacial score (nSPS) is 28.5. The number of aliphatic hydroxyl groups is 1. The van der Waals surface area contributed by atoms with Crippen LogP contribution in [0.25, 0.3) is 10.9 Å². The number of piperidine rings is 1. The maximum absolute atomic E-state index is 11.8. The Kier molecular flexibility index (Phi) is 4.52. The van der Waals surface area contributed by atoms with Crippen LogP contribution in [0.15, 0.2) is 30.5 Å². The molecule has 0 bridgehead atoms. The van der Waals surface area contributed by atoms with E-state index in [-0.39, 0.29) is 17.9 Å². The quantitative estimate of drug-likeness (QED) is 0.842.